The molecule has 4 heterocycles. The van der Waals surface area contributed by atoms with Gasteiger partial charge in [-0.15, -0.1) is 23.1 Å². The standard InChI is InChI=1S/C20H26N6O7S2/c1-26(4-3-11(27)12(28)6-26)5-9-7-34-18-14(17(30)25(18)15(9)19(31)32)23-16(29)13(24-33-2)10-8-35-20(21)22-10/h8,11-12,14,18,27-28H,3-7H2,1-2H3,(H3-,21,22,23,29,31,32)/b24-13-/t11?,12-,14?,18+,26+/m1/s1. The minimum Gasteiger partial charge on any atom is -0.543 e. The molecule has 0 spiro atoms. The Labute approximate surface area is 208 Å². The molecule has 4 rings (SSSR count). The summed E-state index contributed by atoms with van der Waals surface area (Å²) in [7, 11) is 3.13. The van der Waals surface area contributed by atoms with E-state index in [9.17, 15) is 29.7 Å². The van der Waals surface area contributed by atoms with E-state index in [-0.39, 0.29) is 35.3 Å². The van der Waals surface area contributed by atoms with Crippen molar-refractivity contribution in [2.24, 2.45) is 5.16 Å². The number of thiazole rings is 1. The molecular weight excluding hydrogens is 500 g/mol. The first-order valence-electron chi connectivity index (χ1n) is 10.8. The highest BCUT2D eigenvalue weighted by atomic mass is 32.2. The largest absolute Gasteiger partial charge is 0.543 e. The van der Waals surface area contributed by atoms with Crippen molar-refractivity contribution < 1.29 is 39.0 Å². The van der Waals surface area contributed by atoms with Gasteiger partial charge >= 0.3 is 0 Å². The monoisotopic (exact) mass is 526 g/mol. The first-order valence-corrected chi connectivity index (χ1v) is 12.7. The van der Waals surface area contributed by atoms with E-state index in [1.807, 2.05) is 7.05 Å². The number of carbonyl (C=O) groups excluding carboxylic acids is 3. The number of aliphatic carboxylic acids is 1. The number of aliphatic hydroxyl groups excluding tert-OH is 2. The lowest BCUT2D eigenvalue weighted by molar-refractivity contribution is -0.914. The molecule has 0 saturated carbocycles. The van der Waals surface area contributed by atoms with Crippen LogP contribution in [0.4, 0.5) is 5.13 Å². The molecule has 3 aliphatic heterocycles. The van der Waals surface area contributed by atoms with Gasteiger partial charge in [0.1, 0.15) is 43.4 Å². The van der Waals surface area contributed by atoms with E-state index in [1.165, 1.54) is 24.3 Å². The van der Waals surface area contributed by atoms with Gasteiger partial charge in [-0.05, 0) is 0 Å². The zero-order valence-electron chi connectivity index (χ0n) is 19.0. The van der Waals surface area contributed by atoms with Crippen LogP contribution in [0, 0.1) is 0 Å². The van der Waals surface area contributed by atoms with Crippen LogP contribution in [-0.2, 0) is 19.2 Å². The van der Waals surface area contributed by atoms with Gasteiger partial charge in [0.15, 0.2) is 10.8 Å². The Kier molecular flexibility index (Phi) is 7.06. The van der Waals surface area contributed by atoms with Crippen LogP contribution >= 0.6 is 23.1 Å². The van der Waals surface area contributed by atoms with E-state index >= 15 is 0 Å². The molecule has 13 nitrogen and oxygen atoms in total. The summed E-state index contributed by atoms with van der Waals surface area (Å²) in [5.41, 5.74) is 5.96. The molecule has 3 aliphatic rings. The van der Waals surface area contributed by atoms with Crippen LogP contribution in [0.3, 0.4) is 0 Å². The fourth-order valence-electron chi connectivity index (χ4n) is 4.60. The average Bonchev–Trinajstić information content (AvgIpc) is 3.23. The topological polar surface area (TPSA) is 190 Å². The van der Waals surface area contributed by atoms with E-state index in [4.69, 9.17) is 10.6 Å². The van der Waals surface area contributed by atoms with Crippen molar-refractivity contribution in [2.75, 3.05) is 45.3 Å². The number of fused-ring (bicyclic) bond motifs is 1. The Balaban J connectivity index is 1.51. The number of carboxylic acid groups (broad SMARTS) is 1. The minimum atomic E-state index is -1.48. The fourth-order valence-corrected chi connectivity index (χ4v) is 6.48. The van der Waals surface area contributed by atoms with Gasteiger partial charge in [0.25, 0.3) is 11.8 Å². The summed E-state index contributed by atoms with van der Waals surface area (Å²) in [4.78, 5) is 47.8. The third kappa shape index (κ3) is 4.86. The van der Waals surface area contributed by atoms with Gasteiger partial charge in [-0.2, -0.15) is 0 Å². The van der Waals surface area contributed by atoms with Crippen molar-refractivity contribution in [3.05, 3.63) is 22.3 Å². The molecule has 2 saturated heterocycles. The first-order chi connectivity index (χ1) is 16.5. The van der Waals surface area contributed by atoms with Gasteiger partial charge in [-0.3, -0.25) is 14.5 Å². The second kappa shape index (κ2) is 9.73. The molecular formula is C20H26N6O7S2. The number of rotatable bonds is 7. The number of piperidine rings is 1. The summed E-state index contributed by atoms with van der Waals surface area (Å²) in [6.07, 6.45) is -1.34. The number of likely N-dealkylation sites (tertiary alicyclic amines) is 1. The number of amides is 2. The van der Waals surface area contributed by atoms with Gasteiger partial charge in [-0.25, -0.2) is 4.98 Å². The molecule has 190 valence electrons. The summed E-state index contributed by atoms with van der Waals surface area (Å²) in [5.74, 6) is -2.47. The average molecular weight is 527 g/mol. The van der Waals surface area contributed by atoms with E-state index in [1.54, 1.807) is 0 Å². The van der Waals surface area contributed by atoms with E-state index in [2.05, 4.69) is 15.5 Å². The third-order valence-corrected chi connectivity index (χ3v) is 8.31. The van der Waals surface area contributed by atoms with E-state index in [0.29, 0.717) is 28.8 Å². The molecule has 0 aromatic carbocycles. The van der Waals surface area contributed by atoms with Crippen LogP contribution in [0.2, 0.25) is 0 Å². The number of nitrogen functional groups attached to an aromatic ring is 1. The normalized spacial score (nSPS) is 31.0. The van der Waals surface area contributed by atoms with Gasteiger partial charge in [0, 0.05) is 23.1 Å². The van der Waals surface area contributed by atoms with E-state index < -0.39 is 41.4 Å². The second-order valence-electron chi connectivity index (χ2n) is 8.90. The van der Waals surface area contributed by atoms with Gasteiger partial charge in [0.05, 0.1) is 31.4 Å². The maximum Gasteiger partial charge on any atom is 0.276 e. The van der Waals surface area contributed by atoms with Gasteiger partial charge < -0.3 is 40.5 Å². The van der Waals surface area contributed by atoms with Crippen molar-refractivity contribution in [1.82, 2.24) is 15.2 Å². The number of aliphatic hydroxyl groups is 2. The predicted molar refractivity (Wildman–Crippen MR) is 125 cm³/mol. The second-order valence-corrected chi connectivity index (χ2v) is 10.9. The maximum atomic E-state index is 13.0. The number of anilines is 1. The number of nitrogens with zero attached hydrogens (tertiary/aromatic N) is 4. The van der Waals surface area contributed by atoms with Crippen LogP contribution in [-0.4, -0.2) is 111 Å². The Morgan fingerprint density at radius 1 is 1.43 bits per heavy atom. The summed E-state index contributed by atoms with van der Waals surface area (Å²) in [5, 5.41) is 39.4. The fraction of sp³-hybridized carbons (Fsp3) is 0.550. The van der Waals surface area contributed by atoms with E-state index in [0.717, 1.165) is 16.2 Å². The molecule has 2 amide bonds. The van der Waals surface area contributed by atoms with Gasteiger partial charge in [0.2, 0.25) is 0 Å². The maximum absolute atomic E-state index is 13.0. The summed E-state index contributed by atoms with van der Waals surface area (Å²) >= 11 is 2.44. The number of hydrogen-bond acceptors (Lipinski definition) is 12. The minimum absolute atomic E-state index is 0.160. The molecule has 5 N–H and O–H groups in total. The number of β-lactam (4-membered cyclic amide) rings is 1. The highest BCUT2D eigenvalue weighted by molar-refractivity contribution is 8.00. The van der Waals surface area contributed by atoms with Crippen LogP contribution in [0.15, 0.2) is 21.8 Å². The number of oxime groups is 1. The molecule has 35 heavy (non-hydrogen) atoms. The van der Waals surface area contributed by atoms with Crippen LogP contribution < -0.4 is 16.2 Å². The SMILES string of the molecule is CO/N=C(\C(=O)NC1C(=O)N2C(C(=O)[O-])=C(C[N@+]3(C)CCC(O)[C@H](O)C3)CS[C@@H]12)c1csc(N)n1. The zero-order chi connectivity index (χ0) is 25.5. The third-order valence-electron chi connectivity index (χ3n) is 6.30. The molecule has 15 heteroatoms. The quantitative estimate of drug-likeness (QED) is 0.124. The Bertz CT molecular complexity index is 1110. The molecule has 2 unspecified atom stereocenters. The molecule has 1 aromatic heterocycles. The first kappa shape index (κ1) is 25.4. The number of nitrogens with two attached hydrogens (primary N) is 1. The van der Waals surface area contributed by atoms with Crippen molar-refractivity contribution in [1.29, 1.82) is 0 Å². The molecule has 0 aliphatic carbocycles. The Hall–Kier alpha value is -2.72. The van der Waals surface area contributed by atoms with Crippen molar-refractivity contribution in [2.45, 2.75) is 30.0 Å². The van der Waals surface area contributed by atoms with Crippen molar-refractivity contribution >= 4 is 51.7 Å². The highest BCUT2D eigenvalue weighted by Gasteiger charge is 2.54. The summed E-state index contributed by atoms with van der Waals surface area (Å²) in [6.45, 7) is 1.09. The number of aromatic nitrogens is 1. The smallest absolute Gasteiger partial charge is 0.276 e. The lowest BCUT2D eigenvalue weighted by atomic mass is 9.99. The van der Waals surface area contributed by atoms with Crippen LogP contribution in [0.25, 0.3) is 0 Å². The number of hydrogen-bond donors (Lipinski definition) is 4. The number of thioether (sulfide) groups is 1. The number of nitrogens with one attached hydrogen (secondary N) is 1. The number of carboxylic acids is 1. The molecule has 2 fully saturated rings. The highest BCUT2D eigenvalue weighted by Crippen LogP contribution is 2.41. The van der Waals surface area contributed by atoms with Crippen LogP contribution in [0.1, 0.15) is 12.1 Å². The molecule has 0 bridgehead atoms. The summed E-state index contributed by atoms with van der Waals surface area (Å²) < 4.78 is 0.325. The number of quaternary nitrogens is 1. The number of likely N-dealkylation sites (N-methyl/N-ethyl adjacent to an activating group) is 1. The molecule has 5 atom stereocenters. The van der Waals surface area contributed by atoms with Crippen LogP contribution in [0.5, 0.6) is 0 Å². The molecule has 0 radical (unpaired) electrons. The predicted octanol–water partition coefficient (Wildman–Crippen LogP) is -2.95. The summed E-state index contributed by atoms with van der Waals surface area (Å²) in [6, 6.07) is -0.974. The Morgan fingerprint density at radius 3 is 2.77 bits per heavy atom. The number of carbonyl (C=O) groups is 3. The van der Waals surface area contributed by atoms with Gasteiger partial charge in [-0.1, -0.05) is 5.16 Å². The lowest BCUT2D eigenvalue weighted by Gasteiger charge is -2.51. The van der Waals surface area contributed by atoms with Crippen molar-refractivity contribution in [3.8, 4) is 0 Å². The molecule has 1 aromatic rings. The lowest BCUT2D eigenvalue weighted by Crippen LogP contribution is -2.72. The van der Waals surface area contributed by atoms with Crippen molar-refractivity contribution in [3.63, 3.8) is 0 Å². The zero-order valence-corrected chi connectivity index (χ0v) is 20.7. The Morgan fingerprint density at radius 2 is 2.17 bits per heavy atom.